The third-order valence-corrected chi connectivity index (χ3v) is 17.3. The minimum Gasteiger partial charge on any atom is -0.481 e. The fraction of sp³-hybridized carbons (Fsp3) is 0.432. The summed E-state index contributed by atoms with van der Waals surface area (Å²) in [7, 11) is 0.123. The van der Waals surface area contributed by atoms with Crippen LogP contribution in [0.4, 0.5) is 0 Å². The standard InChI is InChI=1S/C37H52N7O6P3S/c1-9-11-24-35(4,41-42-38)48-31-18-12-29(13-19-31)26-40-44(8)53(54)36(5,10-2)49-32-20-14-28(15-21-32)25-39-43(7)51-27(3)37(51,6)50-33-22-16-30(17-23-33)34(45)52(46)47/h12-23,25-26,34,45-47,51,53H,9-11,24H2,1-8H3/b39-25+,40-26+/t34?,35?,36-,37?/m0/s1. The van der Waals surface area contributed by atoms with Gasteiger partial charge in [-0.1, -0.05) is 44.2 Å². The van der Waals surface area contributed by atoms with Crippen molar-refractivity contribution in [3.05, 3.63) is 99.9 Å². The topological polar surface area (TPSA) is 168 Å². The maximum absolute atomic E-state index is 9.90. The van der Waals surface area contributed by atoms with Crippen LogP contribution in [0.5, 0.6) is 17.2 Å². The van der Waals surface area contributed by atoms with Crippen LogP contribution >= 0.6 is 22.9 Å². The minimum absolute atomic E-state index is 0.424. The SMILES string of the molecule is CCCCC(C)(N=[N+]=[N-])Oc1ccc(/C=N/N(C)[PH](=S)[C@@](C)(CC)Oc2ccc(/C=N/N(C)[PH]3=C(C)C3(C)Oc3ccc(C(O)P(O)O)cc3)cc2)cc1. The number of hydrazone groups is 2. The Kier molecular flexibility index (Phi) is 15.2. The number of unbranched alkanes of at least 4 members (excludes halogenated alkanes) is 1. The van der Waals surface area contributed by atoms with Crippen LogP contribution in [0.25, 0.3) is 10.4 Å². The first kappa shape index (κ1) is 43.3. The lowest BCUT2D eigenvalue weighted by Gasteiger charge is -2.34. The van der Waals surface area contributed by atoms with Gasteiger partial charge >= 0.3 is 0 Å². The van der Waals surface area contributed by atoms with E-state index in [2.05, 4.69) is 35.9 Å². The van der Waals surface area contributed by atoms with E-state index in [4.69, 9.17) is 36.6 Å². The van der Waals surface area contributed by atoms with Gasteiger partial charge in [0, 0.05) is 26.7 Å². The van der Waals surface area contributed by atoms with Gasteiger partial charge in [0.1, 0.15) is 28.4 Å². The zero-order valence-electron chi connectivity index (χ0n) is 32.0. The van der Waals surface area contributed by atoms with E-state index in [1.807, 2.05) is 92.2 Å². The largest absolute Gasteiger partial charge is 0.481 e. The molecule has 54 heavy (non-hydrogen) atoms. The van der Waals surface area contributed by atoms with Gasteiger partial charge in [-0.05, 0) is 140 Å². The number of rotatable bonds is 20. The van der Waals surface area contributed by atoms with E-state index in [0.717, 1.165) is 24.0 Å². The maximum Gasteiger partial charge on any atom is 0.200 e. The molecule has 17 heteroatoms. The van der Waals surface area contributed by atoms with Crippen LogP contribution in [-0.4, -0.2) is 72.7 Å². The molecule has 0 aromatic heterocycles. The van der Waals surface area contributed by atoms with Crippen LogP contribution in [-0.2, 0) is 11.8 Å². The van der Waals surface area contributed by atoms with E-state index < -0.39 is 45.2 Å². The van der Waals surface area contributed by atoms with Crippen LogP contribution in [0, 0.1) is 0 Å². The molecule has 13 nitrogen and oxygen atoms in total. The average Bonchev–Trinajstić information content (AvgIpc) is 3.70. The Morgan fingerprint density at radius 3 is 2.00 bits per heavy atom. The molecule has 0 bridgehead atoms. The highest BCUT2D eigenvalue weighted by Gasteiger charge is 2.50. The predicted octanol–water partition coefficient (Wildman–Crippen LogP) is 9.03. The monoisotopic (exact) mass is 815 g/mol. The van der Waals surface area contributed by atoms with Gasteiger partial charge in [0.15, 0.2) is 11.1 Å². The second-order valence-corrected chi connectivity index (χ2v) is 21.3. The summed E-state index contributed by atoms with van der Waals surface area (Å²) in [5.41, 5.74) is 10.3. The maximum atomic E-state index is 9.90. The van der Waals surface area contributed by atoms with E-state index >= 15 is 0 Å². The third-order valence-electron chi connectivity index (χ3n) is 9.38. The number of benzene rings is 3. The number of nitrogens with zero attached hydrogens (tertiary/aromatic N) is 7. The lowest BCUT2D eigenvalue weighted by molar-refractivity contribution is 0.0840. The molecule has 3 aromatic carbocycles. The quantitative estimate of drug-likeness (QED) is 0.0252. The average molecular weight is 816 g/mol. The zero-order valence-corrected chi connectivity index (χ0v) is 35.8. The van der Waals surface area contributed by atoms with Crippen molar-refractivity contribution in [1.29, 1.82) is 0 Å². The second kappa shape index (κ2) is 18.9. The van der Waals surface area contributed by atoms with E-state index in [1.165, 1.54) is 5.29 Å². The first-order chi connectivity index (χ1) is 25.6. The molecule has 0 saturated heterocycles. The van der Waals surface area contributed by atoms with E-state index in [0.29, 0.717) is 35.7 Å². The molecule has 1 heterocycles. The van der Waals surface area contributed by atoms with E-state index in [1.54, 1.807) is 37.4 Å². The zero-order chi connectivity index (χ0) is 39.7. The molecule has 292 valence electrons. The summed E-state index contributed by atoms with van der Waals surface area (Å²) in [4.78, 5) is 21.6. The Morgan fingerprint density at radius 1 is 0.944 bits per heavy atom. The number of aliphatic hydroxyl groups is 1. The highest BCUT2D eigenvalue weighted by atomic mass is 32.4. The van der Waals surface area contributed by atoms with Gasteiger partial charge in [-0.15, -0.1) is 0 Å². The molecule has 0 amide bonds. The molecule has 0 spiro atoms. The molecule has 0 aliphatic carbocycles. The van der Waals surface area contributed by atoms with Gasteiger partial charge in [-0.25, -0.2) is 0 Å². The number of hydrogen-bond donors (Lipinski definition) is 3. The predicted molar refractivity (Wildman–Crippen MR) is 227 cm³/mol. The van der Waals surface area contributed by atoms with Crippen LogP contribution in [0.15, 0.2) is 88.1 Å². The summed E-state index contributed by atoms with van der Waals surface area (Å²) >= 11 is 6.03. The lowest BCUT2D eigenvalue weighted by atomic mass is 10.1. The molecule has 5 unspecified atom stereocenters. The molecule has 0 radical (unpaired) electrons. The molecule has 4 rings (SSSR count). The molecule has 0 saturated carbocycles. The molecular weight excluding hydrogens is 763 g/mol. The molecule has 0 fully saturated rings. The lowest BCUT2D eigenvalue weighted by Crippen LogP contribution is -2.30. The van der Waals surface area contributed by atoms with Crippen molar-refractivity contribution in [2.24, 2.45) is 15.3 Å². The smallest absolute Gasteiger partial charge is 0.200 e. The molecule has 1 aliphatic rings. The van der Waals surface area contributed by atoms with Gasteiger partial charge in [-0.3, -0.25) is 9.56 Å². The Bertz CT molecular complexity index is 1900. The molecule has 6 atom stereocenters. The summed E-state index contributed by atoms with van der Waals surface area (Å²) in [5, 5.41) is 23.3. The van der Waals surface area contributed by atoms with E-state index in [-0.39, 0.29) is 0 Å². The van der Waals surface area contributed by atoms with Crippen LogP contribution in [0.2, 0.25) is 0 Å². The Morgan fingerprint density at radius 2 is 1.48 bits per heavy atom. The van der Waals surface area contributed by atoms with E-state index in [9.17, 15) is 14.9 Å². The third kappa shape index (κ3) is 11.1. The van der Waals surface area contributed by atoms with Crippen LogP contribution in [0.1, 0.15) is 89.8 Å². The van der Waals surface area contributed by atoms with Crippen molar-refractivity contribution in [2.45, 2.75) is 89.5 Å². The summed E-state index contributed by atoms with van der Waals surface area (Å²) in [6, 6.07) is 22.0. The van der Waals surface area contributed by atoms with Crippen LogP contribution in [0.3, 0.4) is 0 Å². The molecular formula is C37H52N7O6P3S. The minimum atomic E-state index is -2.47. The summed E-state index contributed by atoms with van der Waals surface area (Å²) in [6.07, 6.45) is 6.78. The van der Waals surface area contributed by atoms with Gasteiger partial charge in [-0.2, -0.15) is 10.2 Å². The summed E-state index contributed by atoms with van der Waals surface area (Å²) in [5.74, 6) is 0.650. The van der Waals surface area contributed by atoms with Gasteiger partial charge in [0.25, 0.3) is 0 Å². The number of aliphatic hydroxyl groups excluding tert-OH is 1. The summed E-state index contributed by atoms with van der Waals surface area (Å²) in [6.45, 7) is 10.4. The van der Waals surface area contributed by atoms with Crippen molar-refractivity contribution >= 4 is 52.4 Å². The Hall–Kier alpha value is -3.43. The van der Waals surface area contributed by atoms with Gasteiger partial charge < -0.3 is 29.1 Å². The van der Waals surface area contributed by atoms with Crippen molar-refractivity contribution in [2.75, 3.05) is 14.1 Å². The van der Waals surface area contributed by atoms with Crippen molar-refractivity contribution in [3.8, 4) is 17.2 Å². The number of ether oxygens (including phenoxy) is 3. The molecule has 1 aliphatic heterocycles. The first-order valence-corrected chi connectivity index (χ1v) is 23.0. The molecule has 3 aromatic rings. The van der Waals surface area contributed by atoms with Gasteiger partial charge in [0.2, 0.25) is 8.38 Å². The van der Waals surface area contributed by atoms with Crippen molar-refractivity contribution < 1.29 is 29.1 Å². The number of azide groups is 1. The van der Waals surface area contributed by atoms with Crippen LogP contribution < -0.4 is 14.2 Å². The highest BCUT2D eigenvalue weighted by molar-refractivity contribution is 8.04. The first-order valence-electron chi connectivity index (χ1n) is 17.7. The second-order valence-electron chi connectivity index (χ2n) is 13.6. The Balaban J connectivity index is 1.32. The van der Waals surface area contributed by atoms with Crippen molar-refractivity contribution in [3.63, 3.8) is 0 Å². The highest BCUT2D eigenvalue weighted by Crippen LogP contribution is 2.61. The fourth-order valence-electron chi connectivity index (χ4n) is 5.75. The van der Waals surface area contributed by atoms with Crippen molar-refractivity contribution in [1.82, 2.24) is 9.56 Å². The normalized spacial score (nSPS) is 20.1. The Labute approximate surface area is 326 Å². The molecule has 3 N–H and O–H groups in total. The number of hydrogen-bond acceptors (Lipinski definition) is 11. The summed E-state index contributed by atoms with van der Waals surface area (Å²) < 4.78 is 22.7. The fourth-order valence-corrected chi connectivity index (χ4v) is 10.9. The van der Waals surface area contributed by atoms with Gasteiger partial charge in [0.05, 0.1) is 19.3 Å².